The van der Waals surface area contributed by atoms with Crippen molar-refractivity contribution in [1.29, 1.82) is 0 Å². The van der Waals surface area contributed by atoms with Crippen LogP contribution >= 0.6 is 15.9 Å². The first-order valence-corrected chi connectivity index (χ1v) is 7.17. The van der Waals surface area contributed by atoms with Crippen molar-refractivity contribution in [2.45, 2.75) is 25.1 Å². The molecule has 0 aliphatic carbocycles. The SMILES string of the molecule is CCOc1cc(CC(C)Br)ccc1NC(=O)COC. The summed E-state index contributed by atoms with van der Waals surface area (Å²) in [6, 6.07) is 5.82. The largest absolute Gasteiger partial charge is 0.492 e. The van der Waals surface area contributed by atoms with Crippen LogP contribution in [0.4, 0.5) is 5.69 Å². The molecule has 1 amide bonds. The summed E-state index contributed by atoms with van der Waals surface area (Å²) in [7, 11) is 1.49. The van der Waals surface area contributed by atoms with Crippen LogP contribution in [0, 0.1) is 0 Å². The van der Waals surface area contributed by atoms with E-state index >= 15 is 0 Å². The molecule has 4 nitrogen and oxygen atoms in total. The number of nitrogens with one attached hydrogen (secondary N) is 1. The van der Waals surface area contributed by atoms with Gasteiger partial charge in [0.25, 0.3) is 0 Å². The fourth-order valence-corrected chi connectivity index (χ4v) is 2.09. The smallest absolute Gasteiger partial charge is 0.250 e. The zero-order valence-electron chi connectivity index (χ0n) is 11.5. The third-order valence-corrected chi connectivity index (χ3v) is 2.74. The molecule has 0 saturated carbocycles. The fourth-order valence-electron chi connectivity index (χ4n) is 1.71. The number of rotatable bonds is 7. The van der Waals surface area contributed by atoms with Crippen molar-refractivity contribution in [2.75, 3.05) is 25.6 Å². The molecule has 1 unspecified atom stereocenters. The number of ether oxygens (including phenoxy) is 2. The van der Waals surface area contributed by atoms with Gasteiger partial charge in [-0.25, -0.2) is 0 Å². The molecule has 0 aromatic heterocycles. The second-order valence-corrected chi connectivity index (χ2v) is 5.79. The summed E-state index contributed by atoms with van der Waals surface area (Å²) in [5.74, 6) is 0.502. The number of hydrogen-bond donors (Lipinski definition) is 1. The Morgan fingerprint density at radius 3 is 2.79 bits per heavy atom. The Morgan fingerprint density at radius 2 is 2.21 bits per heavy atom. The maximum absolute atomic E-state index is 11.5. The summed E-state index contributed by atoms with van der Waals surface area (Å²) >= 11 is 3.53. The monoisotopic (exact) mass is 329 g/mol. The molecular formula is C14H20BrNO3. The average molecular weight is 330 g/mol. The first kappa shape index (κ1) is 16.0. The maximum atomic E-state index is 11.5. The lowest BCUT2D eigenvalue weighted by molar-refractivity contribution is -0.119. The van der Waals surface area contributed by atoms with Gasteiger partial charge in [0.1, 0.15) is 12.4 Å². The Kier molecular flexibility index (Phi) is 6.87. The van der Waals surface area contributed by atoms with Gasteiger partial charge in [-0.1, -0.05) is 28.9 Å². The van der Waals surface area contributed by atoms with E-state index in [1.807, 2.05) is 25.1 Å². The first-order valence-electron chi connectivity index (χ1n) is 6.25. The molecule has 106 valence electrons. The van der Waals surface area contributed by atoms with Crippen LogP contribution in [0.25, 0.3) is 0 Å². The summed E-state index contributed by atoms with van der Waals surface area (Å²) in [5, 5.41) is 2.78. The van der Waals surface area contributed by atoms with Crippen molar-refractivity contribution in [2.24, 2.45) is 0 Å². The third kappa shape index (κ3) is 5.61. The second kappa shape index (κ2) is 8.17. The number of carbonyl (C=O) groups is 1. The molecule has 0 heterocycles. The number of benzene rings is 1. The zero-order chi connectivity index (χ0) is 14.3. The van der Waals surface area contributed by atoms with E-state index in [0.29, 0.717) is 22.9 Å². The Hall–Kier alpha value is -1.07. The van der Waals surface area contributed by atoms with Gasteiger partial charge >= 0.3 is 0 Å². The van der Waals surface area contributed by atoms with Crippen molar-refractivity contribution in [3.05, 3.63) is 23.8 Å². The van der Waals surface area contributed by atoms with Crippen molar-refractivity contribution < 1.29 is 14.3 Å². The molecule has 19 heavy (non-hydrogen) atoms. The molecule has 5 heteroatoms. The lowest BCUT2D eigenvalue weighted by Gasteiger charge is -2.13. The first-order chi connectivity index (χ1) is 9.06. The highest BCUT2D eigenvalue weighted by Crippen LogP contribution is 2.27. The van der Waals surface area contributed by atoms with Crippen molar-refractivity contribution in [1.82, 2.24) is 0 Å². The number of anilines is 1. The third-order valence-electron chi connectivity index (χ3n) is 2.41. The summed E-state index contributed by atoms with van der Waals surface area (Å²) in [6.07, 6.45) is 0.909. The van der Waals surface area contributed by atoms with Crippen LogP contribution in [0.15, 0.2) is 18.2 Å². The number of carbonyl (C=O) groups excluding carboxylic acids is 1. The van der Waals surface area contributed by atoms with E-state index in [-0.39, 0.29) is 12.5 Å². The predicted octanol–water partition coefficient (Wildman–Crippen LogP) is 3.00. The highest BCUT2D eigenvalue weighted by Gasteiger charge is 2.09. The normalized spacial score (nSPS) is 12.0. The number of hydrogen-bond acceptors (Lipinski definition) is 3. The molecule has 0 aliphatic rings. The second-order valence-electron chi connectivity index (χ2n) is 4.23. The zero-order valence-corrected chi connectivity index (χ0v) is 13.1. The summed E-state index contributed by atoms with van der Waals surface area (Å²) in [6.45, 7) is 4.60. The molecule has 0 aliphatic heterocycles. The minimum absolute atomic E-state index is 0.0335. The molecule has 0 spiro atoms. The van der Waals surface area contributed by atoms with Gasteiger partial charge in [0.05, 0.1) is 12.3 Å². The molecular weight excluding hydrogens is 310 g/mol. The van der Waals surface area contributed by atoms with Gasteiger partial charge in [-0.3, -0.25) is 4.79 Å². The fraction of sp³-hybridized carbons (Fsp3) is 0.500. The van der Waals surface area contributed by atoms with Gasteiger partial charge in [-0.05, 0) is 31.0 Å². The van der Waals surface area contributed by atoms with Crippen LogP contribution in [0.1, 0.15) is 19.4 Å². The minimum Gasteiger partial charge on any atom is -0.492 e. The highest BCUT2D eigenvalue weighted by atomic mass is 79.9. The molecule has 1 aromatic rings. The van der Waals surface area contributed by atoms with Gasteiger partial charge in [0, 0.05) is 11.9 Å². The van der Waals surface area contributed by atoms with Crippen LogP contribution in [0.3, 0.4) is 0 Å². The van der Waals surface area contributed by atoms with Crippen LogP contribution in [0.2, 0.25) is 0 Å². The topological polar surface area (TPSA) is 47.6 Å². The summed E-state index contributed by atoms with van der Waals surface area (Å²) < 4.78 is 10.4. The number of halogens is 1. The molecule has 1 atom stereocenters. The number of amides is 1. The van der Waals surface area contributed by atoms with Gasteiger partial charge in [0.15, 0.2) is 0 Å². The molecule has 1 N–H and O–H groups in total. The molecule has 1 aromatic carbocycles. The Morgan fingerprint density at radius 1 is 1.47 bits per heavy atom. The molecule has 0 radical (unpaired) electrons. The van der Waals surface area contributed by atoms with E-state index in [4.69, 9.17) is 9.47 Å². The quantitative estimate of drug-likeness (QED) is 0.782. The van der Waals surface area contributed by atoms with Crippen LogP contribution < -0.4 is 10.1 Å². The molecule has 0 saturated heterocycles. The van der Waals surface area contributed by atoms with Gasteiger partial charge in [0.2, 0.25) is 5.91 Å². The van der Waals surface area contributed by atoms with Gasteiger partial charge in [-0.15, -0.1) is 0 Å². The summed E-state index contributed by atoms with van der Waals surface area (Å²) in [5.41, 5.74) is 1.84. The standard InChI is InChI=1S/C14H20BrNO3/c1-4-19-13-8-11(7-10(2)15)5-6-12(13)16-14(17)9-18-3/h5-6,8,10H,4,7,9H2,1-3H3,(H,16,17). The van der Waals surface area contributed by atoms with Crippen LogP contribution in [0.5, 0.6) is 5.75 Å². The van der Waals surface area contributed by atoms with E-state index in [1.165, 1.54) is 7.11 Å². The van der Waals surface area contributed by atoms with Gasteiger partial charge in [-0.2, -0.15) is 0 Å². The van der Waals surface area contributed by atoms with Crippen LogP contribution in [-0.4, -0.2) is 31.1 Å². The maximum Gasteiger partial charge on any atom is 0.250 e. The number of alkyl halides is 1. The van der Waals surface area contributed by atoms with Crippen molar-refractivity contribution in [3.63, 3.8) is 0 Å². The lowest BCUT2D eigenvalue weighted by atomic mass is 10.1. The molecule has 0 bridgehead atoms. The van der Waals surface area contributed by atoms with E-state index in [0.717, 1.165) is 12.0 Å². The average Bonchev–Trinajstić information content (AvgIpc) is 2.32. The van der Waals surface area contributed by atoms with E-state index in [9.17, 15) is 4.79 Å². The Labute approximate surface area is 122 Å². The van der Waals surface area contributed by atoms with Crippen molar-refractivity contribution in [3.8, 4) is 5.75 Å². The number of methoxy groups -OCH3 is 1. The molecule has 1 rings (SSSR count). The highest BCUT2D eigenvalue weighted by molar-refractivity contribution is 9.09. The predicted molar refractivity (Wildman–Crippen MR) is 80.2 cm³/mol. The van der Waals surface area contributed by atoms with Gasteiger partial charge < -0.3 is 14.8 Å². The van der Waals surface area contributed by atoms with E-state index in [2.05, 4.69) is 28.2 Å². The van der Waals surface area contributed by atoms with Crippen molar-refractivity contribution >= 4 is 27.5 Å². The Balaban J connectivity index is 2.87. The van der Waals surface area contributed by atoms with Crippen LogP contribution in [-0.2, 0) is 16.0 Å². The van der Waals surface area contributed by atoms with E-state index in [1.54, 1.807) is 0 Å². The summed E-state index contributed by atoms with van der Waals surface area (Å²) in [4.78, 5) is 11.9. The lowest BCUT2D eigenvalue weighted by Crippen LogP contribution is -2.17. The molecule has 0 fully saturated rings. The van der Waals surface area contributed by atoms with E-state index < -0.39 is 0 Å². The minimum atomic E-state index is -0.190. The Bertz CT molecular complexity index is 421.